The largest absolute Gasteiger partial charge is 0.395 e. The fraction of sp³-hybridized carbons (Fsp3) is 0.680. The van der Waals surface area contributed by atoms with Crippen molar-refractivity contribution in [2.75, 3.05) is 46.0 Å². The van der Waals surface area contributed by atoms with Crippen LogP contribution in [0.4, 0.5) is 0 Å². The predicted octanol–water partition coefficient (Wildman–Crippen LogP) is 2.07. The number of aliphatic hydroxyl groups excluding tert-OH is 2. The van der Waals surface area contributed by atoms with Crippen molar-refractivity contribution in [2.24, 2.45) is 5.92 Å². The Bertz CT molecular complexity index is 733. The van der Waals surface area contributed by atoms with E-state index in [0.29, 0.717) is 12.0 Å². The van der Waals surface area contributed by atoms with Gasteiger partial charge in [-0.15, -0.1) is 0 Å². The molecular weight excluding hydrogens is 376 g/mol. The Morgan fingerprint density at radius 3 is 2.57 bits per heavy atom. The van der Waals surface area contributed by atoms with Crippen molar-refractivity contribution in [3.8, 4) is 11.8 Å². The lowest BCUT2D eigenvalue weighted by Gasteiger charge is -2.57. The molecule has 0 aromatic heterocycles. The minimum absolute atomic E-state index is 0.213. The van der Waals surface area contributed by atoms with Crippen LogP contribution in [0.25, 0.3) is 0 Å². The highest BCUT2D eigenvalue weighted by atomic mass is 16.5. The maximum atomic E-state index is 10.1. The first kappa shape index (κ1) is 21.8. The van der Waals surface area contributed by atoms with Crippen LogP contribution in [0.1, 0.15) is 49.7 Å². The van der Waals surface area contributed by atoms with E-state index in [1.807, 2.05) is 12.1 Å². The van der Waals surface area contributed by atoms with Crippen LogP contribution in [-0.2, 0) is 4.74 Å². The molecule has 1 aromatic rings. The van der Waals surface area contributed by atoms with Crippen LogP contribution < -0.4 is 0 Å². The second-order valence-electron chi connectivity index (χ2n) is 9.17. The van der Waals surface area contributed by atoms with E-state index in [9.17, 15) is 10.2 Å². The standard InChI is InChI=1S/C25H36N2O3/c1-19(29)4-5-20-6-8-22(9-7-20)25-23-17-26(16-21-10-14-30-15-11-21)12-2-3-13-27(23)24(25)18-28/h6-9,19,21,23-25,28-29H,2-3,10-18H2,1H3/t19-,23+,24+,25-/m1/s1. The van der Waals surface area contributed by atoms with Gasteiger partial charge in [0.2, 0.25) is 0 Å². The first-order chi connectivity index (χ1) is 14.7. The van der Waals surface area contributed by atoms with Gasteiger partial charge in [-0.05, 0) is 69.3 Å². The second kappa shape index (κ2) is 10.3. The molecule has 3 saturated heterocycles. The molecule has 3 fully saturated rings. The Hall–Kier alpha value is -1.42. The van der Waals surface area contributed by atoms with Crippen LogP contribution in [0.15, 0.2) is 24.3 Å². The number of ether oxygens (including phenoxy) is 1. The number of aliphatic hydroxyl groups is 2. The lowest BCUT2D eigenvalue weighted by atomic mass is 9.74. The van der Waals surface area contributed by atoms with Crippen molar-refractivity contribution >= 4 is 0 Å². The van der Waals surface area contributed by atoms with E-state index in [1.165, 1.54) is 44.3 Å². The molecular formula is C25H36N2O3. The zero-order chi connectivity index (χ0) is 20.9. The molecule has 3 aliphatic heterocycles. The number of rotatable bonds is 4. The monoisotopic (exact) mass is 412 g/mol. The molecule has 0 amide bonds. The molecule has 0 unspecified atom stereocenters. The third-order valence-corrected chi connectivity index (χ3v) is 7.03. The summed E-state index contributed by atoms with van der Waals surface area (Å²) in [6, 6.07) is 9.11. The molecule has 5 nitrogen and oxygen atoms in total. The van der Waals surface area contributed by atoms with Gasteiger partial charge in [-0.3, -0.25) is 4.90 Å². The Labute approximate surface area is 181 Å². The highest BCUT2D eigenvalue weighted by Gasteiger charge is 2.49. The zero-order valence-corrected chi connectivity index (χ0v) is 18.2. The Morgan fingerprint density at radius 2 is 1.87 bits per heavy atom. The molecule has 3 aliphatic rings. The summed E-state index contributed by atoms with van der Waals surface area (Å²) >= 11 is 0. The summed E-state index contributed by atoms with van der Waals surface area (Å²) in [7, 11) is 0. The lowest BCUT2D eigenvalue weighted by molar-refractivity contribution is -0.0677. The van der Waals surface area contributed by atoms with Crippen molar-refractivity contribution < 1.29 is 14.9 Å². The molecule has 3 heterocycles. The molecule has 30 heavy (non-hydrogen) atoms. The lowest BCUT2D eigenvalue weighted by Crippen LogP contribution is -2.67. The van der Waals surface area contributed by atoms with Gasteiger partial charge in [0, 0.05) is 49.9 Å². The van der Waals surface area contributed by atoms with Gasteiger partial charge in [0.25, 0.3) is 0 Å². The van der Waals surface area contributed by atoms with Gasteiger partial charge in [0.05, 0.1) is 6.61 Å². The summed E-state index contributed by atoms with van der Waals surface area (Å²) < 4.78 is 5.55. The van der Waals surface area contributed by atoms with Crippen LogP contribution in [0.5, 0.6) is 0 Å². The average molecular weight is 413 g/mol. The van der Waals surface area contributed by atoms with E-state index < -0.39 is 6.10 Å². The summed E-state index contributed by atoms with van der Waals surface area (Å²) in [5, 5.41) is 19.5. The van der Waals surface area contributed by atoms with Crippen LogP contribution in [-0.4, -0.2) is 84.2 Å². The molecule has 5 heteroatoms. The summed E-state index contributed by atoms with van der Waals surface area (Å²) in [5.41, 5.74) is 2.22. The van der Waals surface area contributed by atoms with Gasteiger partial charge in [0.1, 0.15) is 6.10 Å². The minimum atomic E-state index is -0.611. The van der Waals surface area contributed by atoms with Gasteiger partial charge >= 0.3 is 0 Å². The van der Waals surface area contributed by atoms with E-state index in [1.54, 1.807) is 6.92 Å². The van der Waals surface area contributed by atoms with Gasteiger partial charge in [-0.2, -0.15) is 0 Å². The summed E-state index contributed by atoms with van der Waals surface area (Å²) in [6.07, 6.45) is 4.20. The zero-order valence-electron chi connectivity index (χ0n) is 18.2. The van der Waals surface area contributed by atoms with E-state index in [0.717, 1.165) is 37.8 Å². The molecule has 4 atom stereocenters. The maximum absolute atomic E-state index is 10.1. The topological polar surface area (TPSA) is 56.2 Å². The molecule has 164 valence electrons. The van der Waals surface area contributed by atoms with Crippen molar-refractivity contribution in [2.45, 2.75) is 56.7 Å². The third-order valence-electron chi connectivity index (χ3n) is 7.03. The van der Waals surface area contributed by atoms with Crippen molar-refractivity contribution in [1.29, 1.82) is 0 Å². The van der Waals surface area contributed by atoms with Crippen LogP contribution >= 0.6 is 0 Å². The summed E-state index contributed by atoms with van der Waals surface area (Å²) in [6.45, 7) is 8.25. The molecule has 0 bridgehead atoms. The van der Waals surface area contributed by atoms with Gasteiger partial charge in [-0.1, -0.05) is 24.0 Å². The number of benzene rings is 1. The third kappa shape index (κ3) is 5.07. The van der Waals surface area contributed by atoms with Crippen LogP contribution in [0, 0.1) is 17.8 Å². The normalized spacial score (nSPS) is 29.6. The number of hydrogen-bond acceptors (Lipinski definition) is 5. The smallest absolute Gasteiger partial charge is 0.112 e. The van der Waals surface area contributed by atoms with Gasteiger partial charge in [-0.25, -0.2) is 0 Å². The highest BCUT2D eigenvalue weighted by Crippen LogP contribution is 2.42. The fourth-order valence-corrected chi connectivity index (χ4v) is 5.45. The average Bonchev–Trinajstić information content (AvgIpc) is 2.74. The number of nitrogens with zero attached hydrogens (tertiary/aromatic N) is 2. The molecule has 2 N–H and O–H groups in total. The molecule has 0 saturated carbocycles. The van der Waals surface area contributed by atoms with E-state index in [2.05, 4.69) is 33.8 Å². The molecule has 1 aromatic carbocycles. The maximum Gasteiger partial charge on any atom is 0.112 e. The van der Waals surface area contributed by atoms with Crippen LogP contribution in [0.2, 0.25) is 0 Å². The highest BCUT2D eigenvalue weighted by molar-refractivity contribution is 5.39. The second-order valence-corrected chi connectivity index (χ2v) is 9.17. The van der Waals surface area contributed by atoms with E-state index in [-0.39, 0.29) is 12.6 Å². The predicted molar refractivity (Wildman–Crippen MR) is 118 cm³/mol. The first-order valence-electron chi connectivity index (χ1n) is 11.6. The fourth-order valence-electron chi connectivity index (χ4n) is 5.45. The Balaban J connectivity index is 1.47. The molecule has 4 rings (SSSR count). The SMILES string of the molecule is C[C@@H](O)C#Cc1ccc([C@H]2[C@H](CO)N3CCCCN(CC4CCOCC4)C[C@@H]23)cc1. The number of hydrogen-bond donors (Lipinski definition) is 2. The Kier molecular flexibility index (Phi) is 7.45. The van der Waals surface area contributed by atoms with Gasteiger partial charge < -0.3 is 19.8 Å². The van der Waals surface area contributed by atoms with Crippen molar-refractivity contribution in [3.63, 3.8) is 0 Å². The molecule has 0 spiro atoms. The summed E-state index contributed by atoms with van der Waals surface area (Å²) in [5.74, 6) is 6.95. The van der Waals surface area contributed by atoms with Crippen molar-refractivity contribution in [3.05, 3.63) is 35.4 Å². The van der Waals surface area contributed by atoms with Crippen LogP contribution in [0.3, 0.4) is 0 Å². The van der Waals surface area contributed by atoms with Crippen molar-refractivity contribution in [1.82, 2.24) is 9.80 Å². The van der Waals surface area contributed by atoms with E-state index >= 15 is 0 Å². The first-order valence-corrected chi connectivity index (χ1v) is 11.6. The number of fused-ring (bicyclic) bond motifs is 1. The minimum Gasteiger partial charge on any atom is -0.395 e. The van der Waals surface area contributed by atoms with E-state index in [4.69, 9.17) is 4.74 Å². The van der Waals surface area contributed by atoms with Gasteiger partial charge in [0.15, 0.2) is 0 Å². The molecule has 0 aliphatic carbocycles. The molecule has 0 radical (unpaired) electrons. The summed E-state index contributed by atoms with van der Waals surface area (Å²) in [4.78, 5) is 5.22. The Morgan fingerprint density at radius 1 is 1.13 bits per heavy atom. The quantitative estimate of drug-likeness (QED) is 0.742.